The molecule has 2 rings (SSSR count). The van der Waals surface area contributed by atoms with Crippen molar-refractivity contribution in [3.05, 3.63) is 48.6 Å². The van der Waals surface area contributed by atoms with Crippen LogP contribution in [0.15, 0.2) is 43.0 Å². The Morgan fingerprint density at radius 1 is 1.27 bits per heavy atom. The van der Waals surface area contributed by atoms with Crippen LogP contribution in [0, 0.1) is 5.92 Å². The first kappa shape index (κ1) is 16.8. The van der Waals surface area contributed by atoms with Crippen LogP contribution < -0.4 is 0 Å². The molecule has 1 aromatic rings. The molecule has 120 valence electrons. The van der Waals surface area contributed by atoms with Gasteiger partial charge in [-0.1, -0.05) is 36.4 Å². The summed E-state index contributed by atoms with van der Waals surface area (Å²) in [6.45, 7) is 3.13. The topological polar surface area (TPSA) is 96.2 Å². The second-order valence-corrected chi connectivity index (χ2v) is 5.08. The summed E-state index contributed by atoms with van der Waals surface area (Å²) in [5.74, 6) is -1.46. The fourth-order valence-corrected chi connectivity index (χ4v) is 2.51. The highest BCUT2D eigenvalue weighted by molar-refractivity contribution is 5.98. The molecule has 0 aliphatic carbocycles. The molecule has 0 spiro atoms. The first-order valence-corrected chi connectivity index (χ1v) is 7.04. The number of rotatable bonds is 6. The van der Waals surface area contributed by atoms with Gasteiger partial charge < -0.3 is 24.8 Å². The van der Waals surface area contributed by atoms with Crippen LogP contribution in [0.3, 0.4) is 0 Å². The Hall–Kier alpha value is -1.57. The number of aliphatic hydroxyl groups is 3. The Bertz CT molecular complexity index is 501. The minimum atomic E-state index is -1.39. The molecular formula is C16H20O6. The Morgan fingerprint density at radius 2 is 1.95 bits per heavy atom. The summed E-state index contributed by atoms with van der Waals surface area (Å²) in [5.41, 5.74) is 0.381. The SMILES string of the molecule is C=CCOC1O[C@H](CO)[C@@H](C(=O)c2ccccc2)[C@H](O)[C@H]1O. The number of ether oxygens (including phenoxy) is 2. The molecule has 0 amide bonds. The van der Waals surface area contributed by atoms with E-state index in [1.165, 1.54) is 6.08 Å². The predicted octanol–water partition coefficient (Wildman–Crippen LogP) is 0.127. The maximum absolute atomic E-state index is 12.5. The van der Waals surface area contributed by atoms with Gasteiger partial charge in [-0.15, -0.1) is 6.58 Å². The highest BCUT2D eigenvalue weighted by atomic mass is 16.7. The quantitative estimate of drug-likeness (QED) is 0.510. The van der Waals surface area contributed by atoms with Crippen molar-refractivity contribution in [3.8, 4) is 0 Å². The van der Waals surface area contributed by atoms with E-state index in [1.807, 2.05) is 0 Å². The lowest BCUT2D eigenvalue weighted by Gasteiger charge is -2.41. The van der Waals surface area contributed by atoms with Crippen LogP contribution in [-0.4, -0.2) is 58.9 Å². The third kappa shape index (κ3) is 3.43. The maximum Gasteiger partial charge on any atom is 0.186 e. The van der Waals surface area contributed by atoms with Crippen molar-refractivity contribution in [2.45, 2.75) is 24.6 Å². The summed E-state index contributed by atoms with van der Waals surface area (Å²) in [4.78, 5) is 12.5. The van der Waals surface area contributed by atoms with E-state index >= 15 is 0 Å². The van der Waals surface area contributed by atoms with Crippen molar-refractivity contribution < 1.29 is 29.6 Å². The van der Waals surface area contributed by atoms with Crippen LogP contribution in [0.1, 0.15) is 10.4 Å². The first-order chi connectivity index (χ1) is 10.6. The molecule has 6 nitrogen and oxygen atoms in total. The smallest absolute Gasteiger partial charge is 0.186 e. The van der Waals surface area contributed by atoms with Gasteiger partial charge in [-0.25, -0.2) is 0 Å². The van der Waals surface area contributed by atoms with Crippen LogP contribution in [0.2, 0.25) is 0 Å². The number of aliphatic hydroxyl groups excluding tert-OH is 3. The molecule has 1 fully saturated rings. The van der Waals surface area contributed by atoms with Gasteiger partial charge in [-0.3, -0.25) is 4.79 Å². The number of hydrogen-bond donors (Lipinski definition) is 3. The van der Waals surface area contributed by atoms with E-state index in [4.69, 9.17) is 9.47 Å². The van der Waals surface area contributed by atoms with Crippen molar-refractivity contribution in [3.63, 3.8) is 0 Å². The van der Waals surface area contributed by atoms with Crippen molar-refractivity contribution >= 4 is 5.78 Å². The molecule has 0 bridgehead atoms. The van der Waals surface area contributed by atoms with Crippen LogP contribution in [0.4, 0.5) is 0 Å². The molecule has 1 unspecified atom stereocenters. The summed E-state index contributed by atoms with van der Waals surface area (Å²) in [6, 6.07) is 8.38. The fourth-order valence-electron chi connectivity index (χ4n) is 2.51. The number of benzene rings is 1. The van der Waals surface area contributed by atoms with Gasteiger partial charge in [0.05, 0.1) is 31.3 Å². The number of Topliss-reactive ketones (excluding diaryl/α,β-unsaturated/α-hetero) is 1. The lowest BCUT2D eigenvalue weighted by molar-refractivity contribution is -0.279. The zero-order chi connectivity index (χ0) is 16.1. The molecule has 5 atom stereocenters. The second-order valence-electron chi connectivity index (χ2n) is 5.08. The molecule has 1 aliphatic heterocycles. The minimum absolute atomic E-state index is 0.115. The number of carbonyl (C=O) groups is 1. The maximum atomic E-state index is 12.5. The van der Waals surface area contributed by atoms with E-state index in [1.54, 1.807) is 30.3 Å². The second kappa shape index (κ2) is 7.62. The molecule has 0 aromatic heterocycles. The Kier molecular flexibility index (Phi) is 5.82. The summed E-state index contributed by atoms with van der Waals surface area (Å²) >= 11 is 0. The van der Waals surface area contributed by atoms with Crippen LogP contribution in [-0.2, 0) is 9.47 Å². The Balaban J connectivity index is 2.20. The third-order valence-electron chi connectivity index (χ3n) is 3.63. The van der Waals surface area contributed by atoms with E-state index in [9.17, 15) is 20.1 Å². The Morgan fingerprint density at radius 3 is 2.55 bits per heavy atom. The molecule has 0 radical (unpaired) electrons. The summed E-state index contributed by atoms with van der Waals surface area (Å²) in [5, 5.41) is 29.8. The summed E-state index contributed by atoms with van der Waals surface area (Å²) < 4.78 is 10.6. The normalized spacial score (nSPS) is 31.7. The van der Waals surface area contributed by atoms with E-state index in [2.05, 4.69) is 6.58 Å². The largest absolute Gasteiger partial charge is 0.394 e. The molecule has 1 heterocycles. The van der Waals surface area contributed by atoms with Gasteiger partial charge in [0.2, 0.25) is 0 Å². The van der Waals surface area contributed by atoms with Gasteiger partial charge in [0.15, 0.2) is 12.1 Å². The predicted molar refractivity (Wildman–Crippen MR) is 78.2 cm³/mol. The van der Waals surface area contributed by atoms with Crippen molar-refractivity contribution in [1.29, 1.82) is 0 Å². The molecule has 1 aromatic carbocycles. The van der Waals surface area contributed by atoms with Gasteiger partial charge in [0.25, 0.3) is 0 Å². The van der Waals surface area contributed by atoms with E-state index in [0.717, 1.165) is 0 Å². The molecule has 6 heteroatoms. The van der Waals surface area contributed by atoms with Crippen LogP contribution >= 0.6 is 0 Å². The number of carbonyl (C=O) groups excluding carboxylic acids is 1. The van der Waals surface area contributed by atoms with Gasteiger partial charge in [0, 0.05) is 5.56 Å². The minimum Gasteiger partial charge on any atom is -0.394 e. The lowest BCUT2D eigenvalue weighted by atomic mass is 9.83. The molecule has 0 saturated carbocycles. The average molecular weight is 308 g/mol. The van der Waals surface area contributed by atoms with Gasteiger partial charge in [0.1, 0.15) is 6.10 Å². The van der Waals surface area contributed by atoms with E-state index < -0.39 is 42.9 Å². The standard InChI is InChI=1S/C16H20O6/c1-2-8-21-16-15(20)14(19)12(11(9-17)22-16)13(18)10-6-4-3-5-7-10/h2-7,11-12,14-17,19-20H,1,8-9H2/t11-,12+,14+,15-,16?/m1/s1. The van der Waals surface area contributed by atoms with Crippen LogP contribution in [0.5, 0.6) is 0 Å². The highest BCUT2D eigenvalue weighted by Gasteiger charge is 2.48. The van der Waals surface area contributed by atoms with Gasteiger partial charge in [-0.2, -0.15) is 0 Å². The Labute approximate surface area is 128 Å². The van der Waals surface area contributed by atoms with Crippen molar-refractivity contribution in [2.75, 3.05) is 13.2 Å². The molecule has 1 saturated heterocycles. The molecule has 1 aliphatic rings. The highest BCUT2D eigenvalue weighted by Crippen LogP contribution is 2.29. The zero-order valence-corrected chi connectivity index (χ0v) is 12.0. The summed E-state index contributed by atoms with van der Waals surface area (Å²) in [7, 11) is 0. The van der Waals surface area contributed by atoms with E-state index in [-0.39, 0.29) is 6.61 Å². The molecule has 22 heavy (non-hydrogen) atoms. The monoisotopic (exact) mass is 308 g/mol. The van der Waals surface area contributed by atoms with Gasteiger partial charge >= 0.3 is 0 Å². The molecular weight excluding hydrogens is 288 g/mol. The number of hydrogen-bond acceptors (Lipinski definition) is 6. The van der Waals surface area contributed by atoms with Gasteiger partial charge in [-0.05, 0) is 0 Å². The van der Waals surface area contributed by atoms with E-state index in [0.29, 0.717) is 5.56 Å². The van der Waals surface area contributed by atoms with Crippen molar-refractivity contribution in [1.82, 2.24) is 0 Å². The summed E-state index contributed by atoms with van der Waals surface area (Å²) in [6.07, 6.45) is -3.39. The zero-order valence-electron chi connectivity index (χ0n) is 12.0. The molecule has 3 N–H and O–H groups in total. The third-order valence-corrected chi connectivity index (χ3v) is 3.63. The lowest BCUT2D eigenvalue weighted by Crippen LogP contribution is -2.58. The first-order valence-electron chi connectivity index (χ1n) is 7.04. The fraction of sp³-hybridized carbons (Fsp3) is 0.438. The van der Waals surface area contributed by atoms with Crippen molar-refractivity contribution in [2.24, 2.45) is 5.92 Å². The van der Waals surface area contributed by atoms with Crippen LogP contribution in [0.25, 0.3) is 0 Å². The average Bonchev–Trinajstić information content (AvgIpc) is 2.56. The number of ketones is 1.